The summed E-state index contributed by atoms with van der Waals surface area (Å²) in [5.74, 6) is 0. The Morgan fingerprint density at radius 3 is 2.67 bits per heavy atom. The molecule has 0 atom stereocenters. The van der Waals surface area contributed by atoms with E-state index in [9.17, 15) is 0 Å². The van der Waals surface area contributed by atoms with Gasteiger partial charge in [0.15, 0.2) is 0 Å². The van der Waals surface area contributed by atoms with E-state index < -0.39 is 0 Å². The highest BCUT2D eigenvalue weighted by Crippen LogP contribution is 2.32. The van der Waals surface area contributed by atoms with E-state index >= 15 is 0 Å². The largest absolute Gasteiger partial charge is 0.456 e. The number of para-hydroxylation sites is 1. The van der Waals surface area contributed by atoms with Gasteiger partial charge in [0.1, 0.15) is 24.2 Å². The Bertz CT molecular complexity index is 834. The SMILES string of the molecule is CC(C)N1C=NN(c2ccc3oc4ccccc4c3c2)C1. The molecule has 0 saturated heterocycles. The Labute approximate surface area is 123 Å². The minimum atomic E-state index is 0.456. The molecule has 4 heteroatoms. The summed E-state index contributed by atoms with van der Waals surface area (Å²) in [5, 5.41) is 8.79. The van der Waals surface area contributed by atoms with E-state index in [0.29, 0.717) is 6.04 Å². The van der Waals surface area contributed by atoms with E-state index in [-0.39, 0.29) is 0 Å². The predicted octanol–water partition coefficient (Wildman–Crippen LogP) is 4.02. The van der Waals surface area contributed by atoms with Crippen LogP contribution in [0, 0.1) is 0 Å². The normalized spacial score (nSPS) is 15.0. The molecule has 1 aromatic heterocycles. The number of benzene rings is 2. The zero-order valence-electron chi connectivity index (χ0n) is 12.2. The summed E-state index contributed by atoms with van der Waals surface area (Å²) in [6, 6.07) is 14.8. The van der Waals surface area contributed by atoms with Crippen molar-refractivity contribution in [2.75, 3.05) is 11.7 Å². The van der Waals surface area contributed by atoms with Gasteiger partial charge in [-0.05, 0) is 38.1 Å². The second-order valence-corrected chi connectivity index (χ2v) is 5.66. The molecule has 4 rings (SSSR count). The number of fused-ring (bicyclic) bond motifs is 3. The maximum atomic E-state index is 5.86. The Morgan fingerprint density at radius 1 is 1.05 bits per heavy atom. The first kappa shape index (κ1) is 12.3. The van der Waals surface area contributed by atoms with Crippen molar-refractivity contribution < 1.29 is 4.42 Å². The summed E-state index contributed by atoms with van der Waals surface area (Å²) in [5.41, 5.74) is 2.94. The Morgan fingerprint density at radius 2 is 1.86 bits per heavy atom. The lowest BCUT2D eigenvalue weighted by molar-refractivity contribution is 0.381. The summed E-state index contributed by atoms with van der Waals surface area (Å²) in [6.07, 6.45) is 1.91. The zero-order valence-corrected chi connectivity index (χ0v) is 12.2. The summed E-state index contributed by atoms with van der Waals surface area (Å²) in [6.45, 7) is 5.13. The van der Waals surface area contributed by atoms with Crippen molar-refractivity contribution in [2.24, 2.45) is 5.10 Å². The van der Waals surface area contributed by atoms with Crippen molar-refractivity contribution in [3.63, 3.8) is 0 Å². The average molecular weight is 279 g/mol. The zero-order chi connectivity index (χ0) is 14.4. The Balaban J connectivity index is 1.77. The lowest BCUT2D eigenvalue weighted by Gasteiger charge is -2.22. The van der Waals surface area contributed by atoms with Crippen molar-refractivity contribution in [1.82, 2.24) is 4.90 Å². The molecule has 2 heterocycles. The van der Waals surface area contributed by atoms with Gasteiger partial charge in [-0.1, -0.05) is 18.2 Å². The molecule has 0 aliphatic carbocycles. The Kier molecular flexibility index (Phi) is 2.64. The van der Waals surface area contributed by atoms with E-state index in [2.05, 4.69) is 42.0 Å². The van der Waals surface area contributed by atoms with Gasteiger partial charge in [0.05, 0.1) is 5.69 Å². The lowest BCUT2D eigenvalue weighted by Crippen LogP contribution is -2.31. The van der Waals surface area contributed by atoms with Crippen LogP contribution in [0.2, 0.25) is 0 Å². The first-order valence-corrected chi connectivity index (χ1v) is 7.21. The third kappa shape index (κ3) is 1.95. The quantitative estimate of drug-likeness (QED) is 0.710. The van der Waals surface area contributed by atoms with Crippen molar-refractivity contribution in [3.8, 4) is 0 Å². The molecule has 0 N–H and O–H groups in total. The number of hydrogen-bond donors (Lipinski definition) is 0. The standard InChI is InChI=1S/C17H17N3O/c1-12(2)19-10-18-20(11-19)13-7-8-17-15(9-13)14-5-3-4-6-16(14)21-17/h3-10,12H,11H2,1-2H3. The fraction of sp³-hybridized carbons (Fsp3) is 0.235. The molecule has 1 aliphatic rings. The Hall–Kier alpha value is -2.49. The van der Waals surface area contributed by atoms with Gasteiger partial charge in [0, 0.05) is 16.8 Å². The number of hydrogen-bond acceptors (Lipinski definition) is 4. The maximum absolute atomic E-state index is 5.86. The van der Waals surface area contributed by atoms with Crippen LogP contribution in [0.3, 0.4) is 0 Å². The fourth-order valence-corrected chi connectivity index (χ4v) is 2.68. The summed E-state index contributed by atoms with van der Waals surface area (Å²) < 4.78 is 5.86. The number of anilines is 1. The minimum absolute atomic E-state index is 0.456. The van der Waals surface area contributed by atoms with Gasteiger partial charge >= 0.3 is 0 Å². The van der Waals surface area contributed by atoms with Crippen molar-refractivity contribution in [3.05, 3.63) is 42.5 Å². The smallest absolute Gasteiger partial charge is 0.135 e. The molecular weight excluding hydrogens is 262 g/mol. The maximum Gasteiger partial charge on any atom is 0.135 e. The van der Waals surface area contributed by atoms with Crippen LogP contribution in [0.15, 0.2) is 52.0 Å². The van der Waals surface area contributed by atoms with Gasteiger partial charge in [-0.25, -0.2) is 5.01 Å². The van der Waals surface area contributed by atoms with Crippen molar-refractivity contribution in [1.29, 1.82) is 0 Å². The molecule has 0 unspecified atom stereocenters. The third-order valence-corrected chi connectivity index (χ3v) is 3.96. The second kappa shape index (κ2) is 4.52. The predicted molar refractivity (Wildman–Crippen MR) is 86.5 cm³/mol. The van der Waals surface area contributed by atoms with E-state index in [0.717, 1.165) is 34.3 Å². The molecule has 4 nitrogen and oxygen atoms in total. The summed E-state index contributed by atoms with van der Waals surface area (Å²) in [7, 11) is 0. The van der Waals surface area contributed by atoms with Crippen LogP contribution < -0.4 is 5.01 Å². The number of nitrogens with zero attached hydrogens (tertiary/aromatic N) is 3. The topological polar surface area (TPSA) is 32.0 Å². The minimum Gasteiger partial charge on any atom is -0.456 e. The lowest BCUT2D eigenvalue weighted by atomic mass is 10.1. The summed E-state index contributed by atoms with van der Waals surface area (Å²) >= 11 is 0. The molecule has 0 bridgehead atoms. The monoisotopic (exact) mass is 279 g/mol. The molecule has 2 aromatic carbocycles. The molecule has 106 valence electrons. The van der Waals surface area contributed by atoms with Gasteiger partial charge in [-0.15, -0.1) is 0 Å². The molecule has 0 fully saturated rings. The molecular formula is C17H17N3O. The molecule has 1 aliphatic heterocycles. The van der Waals surface area contributed by atoms with Crippen molar-refractivity contribution >= 4 is 34.0 Å². The molecule has 21 heavy (non-hydrogen) atoms. The van der Waals surface area contributed by atoms with E-state index in [1.807, 2.05) is 35.6 Å². The van der Waals surface area contributed by atoms with Gasteiger partial charge in [0.25, 0.3) is 0 Å². The molecule has 0 spiro atoms. The second-order valence-electron chi connectivity index (χ2n) is 5.66. The van der Waals surface area contributed by atoms with Gasteiger partial charge in [-0.3, -0.25) is 0 Å². The third-order valence-electron chi connectivity index (χ3n) is 3.96. The van der Waals surface area contributed by atoms with E-state index in [4.69, 9.17) is 4.42 Å². The van der Waals surface area contributed by atoms with Crippen LogP contribution in [0.25, 0.3) is 21.9 Å². The van der Waals surface area contributed by atoms with Crippen LogP contribution in [-0.4, -0.2) is 23.9 Å². The van der Waals surface area contributed by atoms with Crippen LogP contribution in [0.5, 0.6) is 0 Å². The van der Waals surface area contributed by atoms with E-state index in [1.165, 1.54) is 0 Å². The number of furan rings is 1. The number of rotatable bonds is 2. The highest BCUT2D eigenvalue weighted by molar-refractivity contribution is 6.06. The molecule has 0 saturated carbocycles. The van der Waals surface area contributed by atoms with Crippen LogP contribution in [0.1, 0.15) is 13.8 Å². The summed E-state index contributed by atoms with van der Waals surface area (Å²) in [4.78, 5) is 2.21. The molecule has 3 aromatic rings. The first-order chi connectivity index (χ1) is 10.2. The van der Waals surface area contributed by atoms with Gasteiger partial charge in [-0.2, -0.15) is 5.10 Å². The highest BCUT2D eigenvalue weighted by atomic mass is 16.3. The van der Waals surface area contributed by atoms with Crippen LogP contribution in [-0.2, 0) is 0 Å². The van der Waals surface area contributed by atoms with Crippen LogP contribution in [0.4, 0.5) is 5.69 Å². The number of hydrazone groups is 1. The fourth-order valence-electron chi connectivity index (χ4n) is 2.68. The van der Waals surface area contributed by atoms with Crippen molar-refractivity contribution in [2.45, 2.75) is 19.9 Å². The highest BCUT2D eigenvalue weighted by Gasteiger charge is 2.18. The van der Waals surface area contributed by atoms with Crippen LogP contribution >= 0.6 is 0 Å². The van der Waals surface area contributed by atoms with Gasteiger partial charge < -0.3 is 9.32 Å². The first-order valence-electron chi connectivity index (χ1n) is 7.21. The molecule has 0 amide bonds. The average Bonchev–Trinajstić information content (AvgIpc) is 3.11. The van der Waals surface area contributed by atoms with Gasteiger partial charge in [0.2, 0.25) is 0 Å². The molecule has 0 radical (unpaired) electrons. The van der Waals surface area contributed by atoms with E-state index in [1.54, 1.807) is 0 Å².